The molecule has 8 heteroatoms. The summed E-state index contributed by atoms with van der Waals surface area (Å²) < 4.78 is 40.6. The number of amides is 1. The molecule has 0 radical (unpaired) electrons. The quantitative estimate of drug-likeness (QED) is 0.745. The smallest absolute Gasteiger partial charge is 0.405 e. The van der Waals surface area contributed by atoms with Gasteiger partial charge in [-0.1, -0.05) is 12.8 Å². The minimum atomic E-state index is -4.43. The Kier molecular flexibility index (Phi) is 6.25. The maximum Gasteiger partial charge on any atom is 0.405 e. The molecule has 1 rings (SSSR count). The molecule has 0 aromatic heterocycles. The van der Waals surface area contributed by atoms with Gasteiger partial charge in [0.2, 0.25) is 5.91 Å². The zero-order valence-corrected chi connectivity index (χ0v) is 11.3. The lowest BCUT2D eigenvalue weighted by atomic mass is 10.2. The predicted molar refractivity (Wildman–Crippen MR) is 64.9 cm³/mol. The normalized spacial score (nSPS) is 16.4. The zero-order chi connectivity index (χ0) is 15.2. The lowest BCUT2D eigenvalue weighted by Crippen LogP contribution is -2.46. The van der Waals surface area contributed by atoms with E-state index in [4.69, 9.17) is 0 Å². The number of nitrogens with zero attached hydrogens (tertiary/aromatic N) is 1. The van der Waals surface area contributed by atoms with E-state index in [1.54, 1.807) is 4.90 Å². The molecule has 0 atom stereocenters. The molecule has 0 spiro atoms. The van der Waals surface area contributed by atoms with Gasteiger partial charge in [0.25, 0.3) is 0 Å². The summed E-state index contributed by atoms with van der Waals surface area (Å²) >= 11 is 0. The van der Waals surface area contributed by atoms with Gasteiger partial charge in [-0.05, 0) is 12.8 Å². The lowest BCUT2D eigenvalue weighted by Gasteiger charge is -2.26. The van der Waals surface area contributed by atoms with Crippen LogP contribution in [0.4, 0.5) is 13.2 Å². The van der Waals surface area contributed by atoms with Crippen LogP contribution in [-0.2, 0) is 14.3 Å². The average molecular weight is 296 g/mol. The fourth-order valence-corrected chi connectivity index (χ4v) is 2.25. The second-order valence-electron chi connectivity index (χ2n) is 4.81. The number of esters is 1. The summed E-state index contributed by atoms with van der Waals surface area (Å²) in [7, 11) is 1.24. The number of methoxy groups -OCH3 is 1. The second kappa shape index (κ2) is 7.47. The molecule has 1 aliphatic carbocycles. The van der Waals surface area contributed by atoms with E-state index in [9.17, 15) is 22.8 Å². The van der Waals surface area contributed by atoms with Crippen molar-refractivity contribution >= 4 is 11.9 Å². The first-order valence-corrected chi connectivity index (χ1v) is 6.46. The molecule has 0 aliphatic heterocycles. The number of nitrogens with one attached hydrogen (secondary N) is 1. The van der Waals surface area contributed by atoms with E-state index in [2.05, 4.69) is 4.74 Å². The topological polar surface area (TPSA) is 58.6 Å². The van der Waals surface area contributed by atoms with Crippen LogP contribution in [0.5, 0.6) is 0 Å². The Morgan fingerprint density at radius 1 is 1.25 bits per heavy atom. The van der Waals surface area contributed by atoms with Gasteiger partial charge in [0.15, 0.2) is 0 Å². The van der Waals surface area contributed by atoms with E-state index in [1.165, 1.54) is 7.11 Å². The molecular formula is C12H19F3N2O3. The molecule has 1 N–H and O–H groups in total. The molecule has 0 saturated heterocycles. The molecule has 0 aromatic rings. The summed E-state index contributed by atoms with van der Waals surface area (Å²) in [5.41, 5.74) is 0. The maximum atomic E-state index is 12.0. The van der Waals surface area contributed by atoms with Gasteiger partial charge in [-0.15, -0.1) is 0 Å². The third kappa shape index (κ3) is 6.23. The Labute approximate surface area is 115 Å². The highest BCUT2D eigenvalue weighted by molar-refractivity contribution is 5.79. The molecular weight excluding hydrogens is 277 g/mol. The summed E-state index contributed by atoms with van der Waals surface area (Å²) in [4.78, 5) is 24.4. The Morgan fingerprint density at radius 3 is 2.35 bits per heavy atom. The van der Waals surface area contributed by atoms with Crippen molar-refractivity contribution in [1.82, 2.24) is 10.2 Å². The van der Waals surface area contributed by atoms with Crippen molar-refractivity contribution < 1.29 is 27.5 Å². The van der Waals surface area contributed by atoms with Crippen LogP contribution >= 0.6 is 0 Å². The number of halogens is 3. The van der Waals surface area contributed by atoms with Crippen LogP contribution < -0.4 is 5.32 Å². The number of carbonyl (C=O) groups is 2. The second-order valence-corrected chi connectivity index (χ2v) is 4.81. The van der Waals surface area contributed by atoms with E-state index >= 15 is 0 Å². The van der Waals surface area contributed by atoms with E-state index in [1.807, 2.05) is 5.32 Å². The van der Waals surface area contributed by atoms with Gasteiger partial charge in [-0.2, -0.15) is 13.2 Å². The van der Waals surface area contributed by atoms with Crippen LogP contribution in [0.2, 0.25) is 0 Å². The van der Waals surface area contributed by atoms with E-state index in [0.29, 0.717) is 0 Å². The third-order valence-corrected chi connectivity index (χ3v) is 3.23. The monoisotopic (exact) mass is 296 g/mol. The first-order valence-electron chi connectivity index (χ1n) is 6.46. The number of rotatable bonds is 6. The minimum absolute atomic E-state index is 0.0470. The summed E-state index contributed by atoms with van der Waals surface area (Å²) in [6.45, 7) is -1.67. The number of ether oxygens (including phenoxy) is 1. The van der Waals surface area contributed by atoms with Gasteiger partial charge in [0.1, 0.15) is 6.54 Å². The van der Waals surface area contributed by atoms with Crippen molar-refractivity contribution in [2.24, 2.45) is 0 Å². The third-order valence-electron chi connectivity index (χ3n) is 3.23. The van der Waals surface area contributed by atoms with E-state index in [0.717, 1.165) is 25.7 Å². The number of hydrogen-bond donors (Lipinski definition) is 1. The van der Waals surface area contributed by atoms with Crippen LogP contribution in [0.15, 0.2) is 0 Å². The van der Waals surface area contributed by atoms with Gasteiger partial charge >= 0.3 is 12.1 Å². The molecule has 20 heavy (non-hydrogen) atoms. The Bertz CT molecular complexity index is 341. The minimum Gasteiger partial charge on any atom is -0.468 e. The standard InChI is InChI=1S/C12H19F3N2O3/c1-20-11(19)7-17(9-4-2-3-5-9)6-10(18)16-8-12(13,14)15/h9H,2-8H2,1H3,(H,16,18). The van der Waals surface area contributed by atoms with Crippen molar-refractivity contribution in [1.29, 1.82) is 0 Å². The summed E-state index contributed by atoms with van der Waals surface area (Å²) in [6.07, 6.45) is -0.775. The van der Waals surface area contributed by atoms with Crippen molar-refractivity contribution in [3.63, 3.8) is 0 Å². The van der Waals surface area contributed by atoms with Gasteiger partial charge in [0.05, 0.1) is 20.2 Å². The highest BCUT2D eigenvalue weighted by Gasteiger charge is 2.30. The Hall–Kier alpha value is -1.31. The van der Waals surface area contributed by atoms with Crippen LogP contribution in [0.1, 0.15) is 25.7 Å². The highest BCUT2D eigenvalue weighted by atomic mass is 19.4. The number of carbonyl (C=O) groups excluding carboxylic acids is 2. The fraction of sp³-hybridized carbons (Fsp3) is 0.833. The molecule has 1 fully saturated rings. The van der Waals surface area contributed by atoms with E-state index in [-0.39, 0.29) is 19.1 Å². The number of alkyl halides is 3. The van der Waals surface area contributed by atoms with Crippen molar-refractivity contribution in [2.75, 3.05) is 26.7 Å². The predicted octanol–water partition coefficient (Wildman–Crippen LogP) is 1.08. The molecule has 0 aromatic carbocycles. The van der Waals surface area contributed by atoms with Crippen molar-refractivity contribution in [3.8, 4) is 0 Å². The average Bonchev–Trinajstić information content (AvgIpc) is 2.88. The SMILES string of the molecule is COC(=O)CN(CC(=O)NCC(F)(F)F)C1CCCC1. The maximum absolute atomic E-state index is 12.0. The van der Waals surface area contributed by atoms with Crippen LogP contribution in [-0.4, -0.2) is 55.7 Å². The molecule has 0 bridgehead atoms. The molecule has 1 saturated carbocycles. The molecule has 1 amide bonds. The molecule has 0 heterocycles. The van der Waals surface area contributed by atoms with Crippen LogP contribution in [0, 0.1) is 0 Å². The van der Waals surface area contributed by atoms with Gasteiger partial charge in [-0.25, -0.2) is 0 Å². The Balaban J connectivity index is 2.50. The molecule has 1 aliphatic rings. The van der Waals surface area contributed by atoms with Crippen LogP contribution in [0.3, 0.4) is 0 Å². The van der Waals surface area contributed by atoms with Crippen LogP contribution in [0.25, 0.3) is 0 Å². The van der Waals surface area contributed by atoms with Gasteiger partial charge in [-0.3, -0.25) is 14.5 Å². The van der Waals surface area contributed by atoms with Crippen molar-refractivity contribution in [2.45, 2.75) is 37.9 Å². The molecule has 0 unspecified atom stereocenters. The van der Waals surface area contributed by atoms with E-state index < -0.39 is 24.6 Å². The highest BCUT2D eigenvalue weighted by Crippen LogP contribution is 2.23. The largest absolute Gasteiger partial charge is 0.468 e. The van der Waals surface area contributed by atoms with Gasteiger partial charge in [0, 0.05) is 6.04 Å². The summed E-state index contributed by atoms with van der Waals surface area (Å²) in [6, 6.07) is 0.0470. The number of hydrogen-bond acceptors (Lipinski definition) is 4. The van der Waals surface area contributed by atoms with Crippen molar-refractivity contribution in [3.05, 3.63) is 0 Å². The molecule has 5 nitrogen and oxygen atoms in total. The summed E-state index contributed by atoms with van der Waals surface area (Å²) in [5, 5.41) is 1.81. The lowest BCUT2D eigenvalue weighted by molar-refractivity contribution is -0.144. The summed E-state index contributed by atoms with van der Waals surface area (Å²) in [5.74, 6) is -1.24. The first-order chi connectivity index (χ1) is 9.31. The zero-order valence-electron chi connectivity index (χ0n) is 11.3. The first kappa shape index (κ1) is 16.7. The fourth-order valence-electron chi connectivity index (χ4n) is 2.25. The Morgan fingerprint density at radius 2 is 1.85 bits per heavy atom. The molecule has 116 valence electrons. The van der Waals surface area contributed by atoms with Gasteiger partial charge < -0.3 is 10.1 Å².